The summed E-state index contributed by atoms with van der Waals surface area (Å²) in [6.45, 7) is 6.64. The Morgan fingerprint density at radius 3 is 2.23 bits per heavy atom. The van der Waals surface area contributed by atoms with Crippen LogP contribution in [-0.4, -0.2) is 77.9 Å². The van der Waals surface area contributed by atoms with Gasteiger partial charge in [-0.2, -0.15) is 0 Å². The Hall–Kier alpha value is -2.70. The molecule has 2 heterocycles. The quantitative estimate of drug-likeness (QED) is 0.668. The number of nitrogens with zero attached hydrogens (tertiary/aromatic N) is 3. The minimum atomic E-state index is -0.349. The molecule has 3 unspecified atom stereocenters. The van der Waals surface area contributed by atoms with E-state index in [-0.39, 0.29) is 23.9 Å². The van der Waals surface area contributed by atoms with E-state index in [1.807, 2.05) is 35.2 Å². The van der Waals surface area contributed by atoms with E-state index < -0.39 is 0 Å². The summed E-state index contributed by atoms with van der Waals surface area (Å²) in [4.78, 5) is 33.6. The van der Waals surface area contributed by atoms with Crippen LogP contribution >= 0.6 is 0 Å². The van der Waals surface area contributed by atoms with Crippen LogP contribution in [0.25, 0.3) is 0 Å². The zero-order chi connectivity index (χ0) is 24.0. The van der Waals surface area contributed by atoms with Crippen molar-refractivity contribution in [2.24, 2.45) is 5.92 Å². The Kier molecular flexibility index (Phi) is 7.79. The summed E-state index contributed by atoms with van der Waals surface area (Å²) in [7, 11) is 0. The summed E-state index contributed by atoms with van der Waals surface area (Å²) in [5.74, 6) is 0.478. The second kappa shape index (κ2) is 11.4. The van der Waals surface area contributed by atoms with Crippen LogP contribution in [0.1, 0.15) is 48.0 Å². The van der Waals surface area contributed by atoms with Crippen LogP contribution in [0.15, 0.2) is 60.7 Å². The molecule has 1 N–H and O–H groups in total. The Labute approximate surface area is 209 Å². The molecule has 2 saturated heterocycles. The minimum absolute atomic E-state index is 0.00897. The largest absolute Gasteiger partial charge is 0.353 e. The van der Waals surface area contributed by atoms with E-state index in [0.29, 0.717) is 18.0 Å². The first kappa shape index (κ1) is 24.0. The molecule has 0 bridgehead atoms. The molecule has 0 spiro atoms. The van der Waals surface area contributed by atoms with Crippen LogP contribution in [0, 0.1) is 5.92 Å². The lowest BCUT2D eigenvalue weighted by Crippen LogP contribution is -2.51. The zero-order valence-corrected chi connectivity index (χ0v) is 20.6. The summed E-state index contributed by atoms with van der Waals surface area (Å²) in [6.07, 6.45) is 5.29. The Balaban J connectivity index is 1.12. The monoisotopic (exact) mass is 474 g/mol. The topological polar surface area (TPSA) is 55.9 Å². The Morgan fingerprint density at radius 2 is 1.49 bits per heavy atom. The lowest BCUT2D eigenvalue weighted by molar-refractivity contribution is -0.125. The molecule has 2 aromatic carbocycles. The maximum Gasteiger partial charge on any atom is 0.254 e. The third-order valence-corrected chi connectivity index (χ3v) is 8.09. The number of carbonyl (C=O) groups is 2. The standard InChI is InChI=1S/C29H38N4O2/c34-28(30-15-16-31-17-19-32(20-18-31)22-23-9-3-1-4-10-23)27-21-25-13-7-8-14-26(25)33(27)29(35)24-11-5-2-6-12-24/h1-6,9-12,25-27H,7-8,13-22H2,(H,30,34). The Bertz CT molecular complexity index is 975. The molecular weight excluding hydrogens is 436 g/mol. The van der Waals surface area contributed by atoms with Gasteiger partial charge in [-0.1, -0.05) is 61.4 Å². The highest BCUT2D eigenvalue weighted by Crippen LogP contribution is 2.40. The molecule has 3 aliphatic rings. The van der Waals surface area contributed by atoms with Crippen LogP contribution < -0.4 is 5.32 Å². The summed E-state index contributed by atoms with van der Waals surface area (Å²) >= 11 is 0. The van der Waals surface area contributed by atoms with Gasteiger partial charge in [-0.25, -0.2) is 0 Å². The molecule has 2 aromatic rings. The van der Waals surface area contributed by atoms with Gasteiger partial charge in [-0.15, -0.1) is 0 Å². The lowest BCUT2D eigenvalue weighted by Gasteiger charge is -2.35. The molecule has 3 atom stereocenters. The summed E-state index contributed by atoms with van der Waals surface area (Å²) in [5, 5.41) is 3.18. The highest BCUT2D eigenvalue weighted by Gasteiger charge is 2.47. The van der Waals surface area contributed by atoms with Crippen molar-refractivity contribution in [3.63, 3.8) is 0 Å². The normalized spacial score (nSPS) is 25.3. The van der Waals surface area contributed by atoms with Crippen molar-refractivity contribution in [2.75, 3.05) is 39.3 Å². The summed E-state index contributed by atoms with van der Waals surface area (Å²) in [6, 6.07) is 19.9. The number of rotatable bonds is 7. The van der Waals surface area contributed by atoms with Crippen molar-refractivity contribution in [3.05, 3.63) is 71.8 Å². The van der Waals surface area contributed by atoms with Crippen LogP contribution in [0.4, 0.5) is 0 Å². The summed E-state index contributed by atoms with van der Waals surface area (Å²) < 4.78 is 0. The van der Waals surface area contributed by atoms with Gasteiger partial charge in [0.1, 0.15) is 6.04 Å². The smallest absolute Gasteiger partial charge is 0.254 e. The van der Waals surface area contributed by atoms with E-state index in [0.717, 1.165) is 65.0 Å². The lowest BCUT2D eigenvalue weighted by atomic mass is 9.84. The fourth-order valence-corrected chi connectivity index (χ4v) is 6.18. The fraction of sp³-hybridized carbons (Fsp3) is 0.517. The SMILES string of the molecule is O=C(NCCN1CCN(Cc2ccccc2)CC1)C1CC2CCCCC2N1C(=O)c1ccccc1. The first-order valence-corrected chi connectivity index (χ1v) is 13.3. The van der Waals surface area contributed by atoms with E-state index in [9.17, 15) is 9.59 Å². The number of benzene rings is 2. The van der Waals surface area contributed by atoms with Crippen LogP contribution in [0.2, 0.25) is 0 Å². The first-order chi connectivity index (χ1) is 17.2. The fourth-order valence-electron chi connectivity index (χ4n) is 6.18. The predicted octanol–water partition coefficient (Wildman–Crippen LogP) is 3.39. The van der Waals surface area contributed by atoms with Gasteiger partial charge in [0.2, 0.25) is 5.91 Å². The minimum Gasteiger partial charge on any atom is -0.353 e. The molecule has 2 aliphatic heterocycles. The van der Waals surface area contributed by atoms with Gasteiger partial charge in [-0.3, -0.25) is 19.4 Å². The van der Waals surface area contributed by atoms with Crippen molar-refractivity contribution in [1.82, 2.24) is 20.0 Å². The van der Waals surface area contributed by atoms with E-state index in [4.69, 9.17) is 0 Å². The van der Waals surface area contributed by atoms with Crippen molar-refractivity contribution < 1.29 is 9.59 Å². The molecule has 6 heteroatoms. The van der Waals surface area contributed by atoms with Gasteiger partial charge in [-0.05, 0) is 42.9 Å². The van der Waals surface area contributed by atoms with Gasteiger partial charge in [0.15, 0.2) is 0 Å². The second-order valence-electron chi connectivity index (χ2n) is 10.3. The number of carbonyl (C=O) groups excluding carboxylic acids is 2. The summed E-state index contributed by atoms with van der Waals surface area (Å²) in [5.41, 5.74) is 2.05. The third kappa shape index (κ3) is 5.76. The van der Waals surface area contributed by atoms with Crippen molar-refractivity contribution in [3.8, 4) is 0 Å². The van der Waals surface area contributed by atoms with E-state index in [1.54, 1.807) is 0 Å². The predicted molar refractivity (Wildman–Crippen MR) is 138 cm³/mol. The molecule has 35 heavy (non-hydrogen) atoms. The Morgan fingerprint density at radius 1 is 0.829 bits per heavy atom. The van der Waals surface area contributed by atoms with Crippen molar-refractivity contribution >= 4 is 11.8 Å². The van der Waals surface area contributed by atoms with Crippen molar-refractivity contribution in [2.45, 2.75) is 50.7 Å². The van der Waals surface area contributed by atoms with E-state index in [1.165, 1.54) is 12.0 Å². The maximum absolute atomic E-state index is 13.4. The molecular formula is C29H38N4O2. The molecule has 0 radical (unpaired) electrons. The number of nitrogens with one attached hydrogen (secondary N) is 1. The van der Waals surface area contributed by atoms with Gasteiger partial charge < -0.3 is 10.2 Å². The van der Waals surface area contributed by atoms with Crippen molar-refractivity contribution in [1.29, 1.82) is 0 Å². The molecule has 186 valence electrons. The molecule has 5 rings (SSSR count). The van der Waals surface area contributed by atoms with E-state index >= 15 is 0 Å². The number of likely N-dealkylation sites (tertiary alicyclic amines) is 1. The average molecular weight is 475 g/mol. The molecule has 2 amide bonds. The average Bonchev–Trinajstić information content (AvgIpc) is 3.30. The first-order valence-electron chi connectivity index (χ1n) is 13.3. The zero-order valence-electron chi connectivity index (χ0n) is 20.6. The highest BCUT2D eigenvalue weighted by atomic mass is 16.2. The maximum atomic E-state index is 13.4. The third-order valence-electron chi connectivity index (χ3n) is 8.09. The molecule has 6 nitrogen and oxygen atoms in total. The number of piperazine rings is 1. The number of fused-ring (bicyclic) bond motifs is 1. The van der Waals surface area contributed by atoms with E-state index in [2.05, 4.69) is 45.4 Å². The number of hydrogen-bond donors (Lipinski definition) is 1. The van der Waals surface area contributed by atoms with Gasteiger partial charge in [0, 0.05) is 57.4 Å². The van der Waals surface area contributed by atoms with Crippen LogP contribution in [0.3, 0.4) is 0 Å². The van der Waals surface area contributed by atoms with Gasteiger partial charge in [0.25, 0.3) is 5.91 Å². The molecule has 0 aromatic heterocycles. The van der Waals surface area contributed by atoms with Gasteiger partial charge in [0.05, 0.1) is 0 Å². The number of amides is 2. The molecule has 3 fully saturated rings. The van der Waals surface area contributed by atoms with Crippen LogP contribution in [0.5, 0.6) is 0 Å². The number of hydrogen-bond acceptors (Lipinski definition) is 4. The molecule has 1 aliphatic carbocycles. The second-order valence-corrected chi connectivity index (χ2v) is 10.3. The highest BCUT2D eigenvalue weighted by molar-refractivity contribution is 5.98. The van der Waals surface area contributed by atoms with Crippen LogP contribution in [-0.2, 0) is 11.3 Å². The van der Waals surface area contributed by atoms with Gasteiger partial charge >= 0.3 is 0 Å². The molecule has 1 saturated carbocycles.